The third kappa shape index (κ3) is 4.40. The van der Waals surface area contributed by atoms with Gasteiger partial charge in [-0.1, -0.05) is 67.4 Å². The first-order valence-electron chi connectivity index (χ1n) is 11.9. The van der Waals surface area contributed by atoms with Crippen LogP contribution in [0.2, 0.25) is 10.0 Å². The molecule has 0 N–H and O–H groups in total. The van der Waals surface area contributed by atoms with E-state index in [-0.39, 0.29) is 0 Å². The largest absolute Gasteiger partial charge is 0.493 e. The van der Waals surface area contributed by atoms with Crippen molar-refractivity contribution in [2.45, 2.75) is 51.6 Å². The number of nitrogens with zero attached hydrogens (tertiary/aromatic N) is 2. The predicted octanol–water partition coefficient (Wildman–Crippen LogP) is 8.77. The van der Waals surface area contributed by atoms with Crippen molar-refractivity contribution in [3.8, 4) is 5.75 Å². The van der Waals surface area contributed by atoms with Crippen LogP contribution >= 0.6 is 34.8 Å². The van der Waals surface area contributed by atoms with Crippen molar-refractivity contribution in [1.29, 1.82) is 0 Å². The number of hydrogen-bond acceptors (Lipinski definition) is 3. The highest BCUT2D eigenvalue weighted by Crippen LogP contribution is 2.54. The predicted molar refractivity (Wildman–Crippen MR) is 149 cm³/mol. The van der Waals surface area contributed by atoms with Gasteiger partial charge in [0.05, 0.1) is 12.2 Å². The lowest BCUT2D eigenvalue weighted by molar-refractivity contribution is 0.149. The van der Waals surface area contributed by atoms with Crippen molar-refractivity contribution in [3.05, 3.63) is 99.0 Å². The third-order valence-electron chi connectivity index (χ3n) is 7.14. The van der Waals surface area contributed by atoms with Crippen LogP contribution in [-0.4, -0.2) is 22.7 Å². The second-order valence-corrected chi connectivity index (χ2v) is 10.7. The van der Waals surface area contributed by atoms with Crippen LogP contribution in [0.1, 0.15) is 62.8 Å². The van der Waals surface area contributed by atoms with Gasteiger partial charge in [0.1, 0.15) is 22.7 Å². The molecule has 0 bridgehead atoms. The first kappa shape index (κ1) is 26.5. The molecule has 3 aromatic carbocycles. The first-order valence-corrected chi connectivity index (χ1v) is 13.0. The van der Waals surface area contributed by atoms with Crippen molar-refractivity contribution in [1.82, 2.24) is 4.90 Å². The summed E-state index contributed by atoms with van der Waals surface area (Å²) in [6.45, 7) is 10.6. The second kappa shape index (κ2) is 10.1. The van der Waals surface area contributed by atoms with Crippen molar-refractivity contribution >= 4 is 46.0 Å². The van der Waals surface area contributed by atoms with E-state index in [0.29, 0.717) is 39.7 Å². The van der Waals surface area contributed by atoms with Gasteiger partial charge < -0.3 is 4.74 Å². The molecule has 4 nitrogen and oxygen atoms in total. The highest BCUT2D eigenvalue weighted by Gasteiger charge is 2.59. The van der Waals surface area contributed by atoms with Crippen molar-refractivity contribution in [2.24, 2.45) is 4.99 Å². The van der Waals surface area contributed by atoms with Gasteiger partial charge in [-0.3, -0.25) is 14.7 Å². The summed E-state index contributed by atoms with van der Waals surface area (Å²) in [6, 6.07) is 21.0. The maximum Gasteiger partial charge on any atom is 0.322 e. The molecule has 0 saturated carbocycles. The summed E-state index contributed by atoms with van der Waals surface area (Å²) < 4.78 is 6.05. The average molecular weight is 544 g/mol. The summed E-state index contributed by atoms with van der Waals surface area (Å²) >= 11 is 18.8. The molecule has 1 aliphatic heterocycles. The van der Waals surface area contributed by atoms with Gasteiger partial charge in [0.15, 0.2) is 0 Å². The van der Waals surface area contributed by atoms with Crippen LogP contribution in [0.15, 0.2) is 71.7 Å². The highest BCUT2D eigenvalue weighted by molar-refractivity contribution is 6.64. The summed E-state index contributed by atoms with van der Waals surface area (Å²) in [5, 5.41) is 0.576. The molecule has 1 amide bonds. The van der Waals surface area contributed by atoms with Crippen molar-refractivity contribution in [3.63, 3.8) is 0 Å². The Morgan fingerprint density at radius 2 is 1.50 bits per heavy atom. The molecule has 0 unspecified atom stereocenters. The lowest BCUT2D eigenvalue weighted by Crippen LogP contribution is -2.53. The minimum Gasteiger partial charge on any atom is -0.493 e. The number of rotatable bonds is 6. The number of hydrogen-bond donors (Lipinski definition) is 0. The second-order valence-electron chi connectivity index (χ2n) is 9.53. The molecule has 36 heavy (non-hydrogen) atoms. The van der Waals surface area contributed by atoms with Gasteiger partial charge >= 0.3 is 5.37 Å². The van der Waals surface area contributed by atoms with Gasteiger partial charge in [-0.25, -0.2) is 0 Å². The van der Waals surface area contributed by atoms with Crippen LogP contribution in [-0.2, 0) is 11.1 Å². The van der Waals surface area contributed by atoms with Crippen molar-refractivity contribution in [2.75, 3.05) is 6.61 Å². The molecule has 188 valence electrons. The fraction of sp³-hybridized carbons (Fsp3) is 0.310. The highest BCUT2D eigenvalue weighted by atomic mass is 35.5. The molecular formula is C29H29Cl3N2O2. The number of halogens is 3. The number of benzene rings is 3. The molecule has 4 rings (SSSR count). The summed E-state index contributed by atoms with van der Waals surface area (Å²) in [7, 11) is 0. The number of aliphatic imine (C=N–C) groups is 1. The maximum atomic E-state index is 13.2. The van der Waals surface area contributed by atoms with E-state index in [0.717, 1.165) is 16.7 Å². The summed E-state index contributed by atoms with van der Waals surface area (Å²) in [5.41, 5.74) is 1.66. The lowest BCUT2D eigenvalue weighted by atomic mass is 9.71. The van der Waals surface area contributed by atoms with E-state index >= 15 is 0 Å². The third-order valence-corrected chi connectivity index (χ3v) is 7.81. The van der Waals surface area contributed by atoms with Crippen LogP contribution in [0, 0.1) is 0 Å². The Morgan fingerprint density at radius 3 is 2.00 bits per heavy atom. The fourth-order valence-electron chi connectivity index (χ4n) is 4.90. The minimum atomic E-state index is -0.986. The Balaban J connectivity index is 2.03. The Labute approximate surface area is 227 Å². The zero-order valence-corrected chi connectivity index (χ0v) is 23.2. The van der Waals surface area contributed by atoms with E-state index in [2.05, 4.69) is 13.8 Å². The van der Waals surface area contributed by atoms with E-state index in [4.69, 9.17) is 44.5 Å². The SMILES string of the molecule is CCOc1cc(C(C)C)ccc1C1=N[C@@](C)(c2ccc(Cl)cc2)[C@@](C)(c2ccc(Cl)cc2)N1C(=O)Cl. The Morgan fingerprint density at radius 1 is 0.944 bits per heavy atom. The smallest absolute Gasteiger partial charge is 0.322 e. The standard InChI is InChI=1S/C29H29Cl3N2O2/c1-6-36-25-17-19(18(2)3)7-16-24(25)26-33-28(4,20-8-12-22(30)13-9-20)29(5,34(26)27(32)35)21-10-14-23(31)15-11-21/h7-18H,6H2,1-5H3/t28-,29+/m0/s1. The first-order chi connectivity index (χ1) is 17.0. The molecule has 0 radical (unpaired) electrons. The summed E-state index contributed by atoms with van der Waals surface area (Å²) in [4.78, 5) is 20.0. The topological polar surface area (TPSA) is 41.9 Å². The Hall–Kier alpha value is -2.53. The molecule has 0 saturated heterocycles. The van der Waals surface area contributed by atoms with Gasteiger partial charge in [-0.15, -0.1) is 0 Å². The van der Waals surface area contributed by atoms with E-state index in [1.165, 1.54) is 0 Å². The van der Waals surface area contributed by atoms with E-state index in [1.54, 1.807) is 4.90 Å². The molecular weight excluding hydrogens is 515 g/mol. The normalized spacial score (nSPS) is 21.6. The molecule has 3 aromatic rings. The molecule has 0 spiro atoms. The summed E-state index contributed by atoms with van der Waals surface area (Å²) in [5.74, 6) is 1.42. The van der Waals surface area contributed by atoms with Crippen LogP contribution in [0.25, 0.3) is 0 Å². The van der Waals surface area contributed by atoms with E-state index in [1.807, 2.05) is 87.5 Å². The number of carbonyl (C=O) groups is 1. The monoisotopic (exact) mass is 542 g/mol. The molecule has 2 atom stereocenters. The zero-order valence-electron chi connectivity index (χ0n) is 21.0. The molecule has 7 heteroatoms. The number of amidine groups is 1. The quantitative estimate of drug-likeness (QED) is 0.230. The van der Waals surface area contributed by atoms with Gasteiger partial charge in [-0.05, 0) is 91.4 Å². The number of amides is 1. The minimum absolute atomic E-state index is 0.313. The van der Waals surface area contributed by atoms with Gasteiger partial charge in [-0.2, -0.15) is 0 Å². The lowest BCUT2D eigenvalue weighted by Gasteiger charge is -2.44. The maximum absolute atomic E-state index is 13.2. The molecule has 0 fully saturated rings. The molecule has 0 aliphatic carbocycles. The van der Waals surface area contributed by atoms with Crippen LogP contribution < -0.4 is 4.74 Å². The van der Waals surface area contributed by atoms with E-state index < -0.39 is 16.4 Å². The summed E-state index contributed by atoms with van der Waals surface area (Å²) in [6.07, 6.45) is 0. The van der Waals surface area contributed by atoms with Crippen molar-refractivity contribution < 1.29 is 9.53 Å². The van der Waals surface area contributed by atoms with Crippen LogP contribution in [0.3, 0.4) is 0 Å². The molecule has 1 aliphatic rings. The van der Waals surface area contributed by atoms with Crippen LogP contribution in [0.4, 0.5) is 4.79 Å². The van der Waals surface area contributed by atoms with Gasteiger partial charge in [0, 0.05) is 10.0 Å². The van der Waals surface area contributed by atoms with E-state index in [9.17, 15) is 4.79 Å². The van der Waals surface area contributed by atoms with Gasteiger partial charge in [0.2, 0.25) is 0 Å². The average Bonchev–Trinajstić information content (AvgIpc) is 3.08. The molecule has 1 heterocycles. The fourth-order valence-corrected chi connectivity index (χ4v) is 5.40. The van der Waals surface area contributed by atoms with Gasteiger partial charge in [0.25, 0.3) is 0 Å². The van der Waals surface area contributed by atoms with Crippen LogP contribution in [0.5, 0.6) is 5.75 Å². The zero-order chi connectivity index (χ0) is 26.3. The Bertz CT molecular complexity index is 1310. The number of ether oxygens (including phenoxy) is 1. The molecule has 0 aromatic heterocycles. The Kier molecular flexibility index (Phi) is 7.43. The number of carbonyl (C=O) groups excluding carboxylic acids is 1.